The van der Waals surface area contributed by atoms with Crippen LogP contribution in [0.25, 0.3) is 0 Å². The summed E-state index contributed by atoms with van der Waals surface area (Å²) >= 11 is 0. The first-order valence-electron chi connectivity index (χ1n) is 10.1. The summed E-state index contributed by atoms with van der Waals surface area (Å²) in [5, 5.41) is -0.500. The zero-order valence-electron chi connectivity index (χ0n) is 17.4. The van der Waals surface area contributed by atoms with E-state index in [4.69, 9.17) is 0 Å². The minimum Gasteiger partial charge on any atom is -0.334 e. The lowest BCUT2D eigenvalue weighted by Gasteiger charge is -2.23. The van der Waals surface area contributed by atoms with Crippen molar-refractivity contribution in [3.05, 3.63) is 102 Å². The molecule has 0 fully saturated rings. The van der Waals surface area contributed by atoms with E-state index in [0.29, 0.717) is 18.7 Å². The van der Waals surface area contributed by atoms with Crippen LogP contribution in [0.5, 0.6) is 0 Å². The minimum atomic E-state index is -3.36. The molecule has 3 aromatic rings. The van der Waals surface area contributed by atoms with Gasteiger partial charge >= 0.3 is 0 Å². The summed E-state index contributed by atoms with van der Waals surface area (Å²) in [7, 11) is -3.36. The number of hydrogen-bond donors (Lipinski definition) is 0. The van der Waals surface area contributed by atoms with Gasteiger partial charge in [-0.1, -0.05) is 60.7 Å². The number of hydrogen-bond acceptors (Lipinski definition) is 3. The van der Waals surface area contributed by atoms with Crippen molar-refractivity contribution in [2.75, 3.05) is 6.54 Å². The molecule has 0 aliphatic carbocycles. The molecule has 3 aromatic carbocycles. The monoisotopic (exact) mass is 421 g/mol. The summed E-state index contributed by atoms with van der Waals surface area (Å²) in [6.45, 7) is 4.38. The van der Waals surface area contributed by atoms with Crippen molar-refractivity contribution >= 4 is 15.7 Å². The average molecular weight is 422 g/mol. The van der Waals surface area contributed by atoms with Crippen LogP contribution in [-0.4, -0.2) is 31.0 Å². The SMILES string of the molecule is CC(C)S(=O)(=O)c1ccc(C(=O)N(CCc2ccccc2)Cc2ccccc2)cc1. The quantitative estimate of drug-likeness (QED) is 0.527. The molecule has 0 aromatic heterocycles. The van der Waals surface area contributed by atoms with Gasteiger partial charge in [-0.3, -0.25) is 4.79 Å². The first-order valence-corrected chi connectivity index (χ1v) is 11.6. The Morgan fingerprint density at radius 3 is 1.87 bits per heavy atom. The summed E-state index contributed by atoms with van der Waals surface area (Å²) in [4.78, 5) is 15.3. The zero-order valence-corrected chi connectivity index (χ0v) is 18.2. The highest BCUT2D eigenvalue weighted by Gasteiger charge is 2.21. The molecule has 0 bridgehead atoms. The Hall–Kier alpha value is -2.92. The van der Waals surface area contributed by atoms with Crippen molar-refractivity contribution < 1.29 is 13.2 Å². The van der Waals surface area contributed by atoms with E-state index in [1.807, 2.05) is 53.4 Å². The van der Waals surface area contributed by atoms with E-state index in [1.165, 1.54) is 17.7 Å². The Morgan fingerprint density at radius 1 is 0.800 bits per heavy atom. The van der Waals surface area contributed by atoms with Crippen LogP contribution in [0.4, 0.5) is 0 Å². The molecule has 0 atom stereocenters. The maximum Gasteiger partial charge on any atom is 0.254 e. The Morgan fingerprint density at radius 2 is 1.33 bits per heavy atom. The largest absolute Gasteiger partial charge is 0.334 e. The third kappa shape index (κ3) is 5.36. The molecule has 5 heteroatoms. The Bertz CT molecular complexity index is 1060. The van der Waals surface area contributed by atoms with Gasteiger partial charge in [-0.05, 0) is 55.7 Å². The first-order chi connectivity index (χ1) is 14.4. The lowest BCUT2D eigenvalue weighted by molar-refractivity contribution is 0.0745. The second-order valence-corrected chi connectivity index (χ2v) is 10.1. The van der Waals surface area contributed by atoms with Gasteiger partial charge < -0.3 is 4.90 Å². The highest BCUT2D eigenvalue weighted by Crippen LogP contribution is 2.18. The highest BCUT2D eigenvalue weighted by atomic mass is 32.2. The summed E-state index contributed by atoms with van der Waals surface area (Å²) in [5.74, 6) is -0.108. The van der Waals surface area contributed by atoms with E-state index >= 15 is 0 Å². The number of rotatable bonds is 8. The van der Waals surface area contributed by atoms with E-state index in [-0.39, 0.29) is 10.8 Å². The number of benzene rings is 3. The van der Waals surface area contributed by atoms with Gasteiger partial charge in [-0.15, -0.1) is 0 Å². The van der Waals surface area contributed by atoms with Crippen LogP contribution in [-0.2, 0) is 22.8 Å². The molecule has 0 saturated heterocycles. The van der Waals surface area contributed by atoms with Gasteiger partial charge in [-0.2, -0.15) is 0 Å². The van der Waals surface area contributed by atoms with Crippen LogP contribution < -0.4 is 0 Å². The average Bonchev–Trinajstić information content (AvgIpc) is 2.77. The highest BCUT2D eigenvalue weighted by molar-refractivity contribution is 7.92. The van der Waals surface area contributed by atoms with Crippen molar-refractivity contribution in [1.82, 2.24) is 4.90 Å². The van der Waals surface area contributed by atoms with Crippen LogP contribution >= 0.6 is 0 Å². The molecule has 0 heterocycles. The summed E-state index contributed by atoms with van der Waals surface area (Å²) < 4.78 is 24.7. The van der Waals surface area contributed by atoms with Crippen LogP contribution in [0.15, 0.2) is 89.8 Å². The van der Waals surface area contributed by atoms with Crippen molar-refractivity contribution in [3.8, 4) is 0 Å². The van der Waals surface area contributed by atoms with Crippen LogP contribution in [0, 0.1) is 0 Å². The van der Waals surface area contributed by atoms with E-state index in [2.05, 4.69) is 12.1 Å². The Kier molecular flexibility index (Phi) is 7.06. The van der Waals surface area contributed by atoms with Gasteiger partial charge in [0.1, 0.15) is 0 Å². The number of nitrogens with zero attached hydrogens (tertiary/aromatic N) is 1. The second kappa shape index (κ2) is 9.72. The topological polar surface area (TPSA) is 54.5 Å². The minimum absolute atomic E-state index is 0.108. The predicted octanol–water partition coefficient (Wildman–Crippen LogP) is 4.75. The van der Waals surface area contributed by atoms with Crippen molar-refractivity contribution in [2.24, 2.45) is 0 Å². The van der Waals surface area contributed by atoms with E-state index in [1.54, 1.807) is 26.0 Å². The smallest absolute Gasteiger partial charge is 0.254 e. The second-order valence-electron chi connectivity index (χ2n) is 7.57. The van der Waals surface area contributed by atoms with Crippen LogP contribution in [0.1, 0.15) is 35.3 Å². The number of sulfone groups is 1. The zero-order chi connectivity index (χ0) is 21.6. The van der Waals surface area contributed by atoms with Crippen molar-refractivity contribution in [3.63, 3.8) is 0 Å². The van der Waals surface area contributed by atoms with E-state index in [9.17, 15) is 13.2 Å². The number of carbonyl (C=O) groups excluding carboxylic acids is 1. The summed E-state index contributed by atoms with van der Waals surface area (Å²) in [6.07, 6.45) is 0.749. The Labute approximate surface area is 179 Å². The lowest BCUT2D eigenvalue weighted by Crippen LogP contribution is -2.32. The van der Waals surface area contributed by atoms with Crippen LogP contribution in [0.3, 0.4) is 0 Å². The molecule has 3 rings (SSSR count). The molecule has 4 nitrogen and oxygen atoms in total. The fourth-order valence-electron chi connectivity index (χ4n) is 3.21. The van der Waals surface area contributed by atoms with Crippen molar-refractivity contribution in [2.45, 2.75) is 37.0 Å². The van der Waals surface area contributed by atoms with E-state index < -0.39 is 15.1 Å². The molecule has 0 unspecified atom stereocenters. The normalized spacial score (nSPS) is 11.4. The summed E-state index contributed by atoms with van der Waals surface area (Å²) in [6, 6.07) is 26.2. The molecule has 0 aliphatic heterocycles. The molecule has 0 spiro atoms. The maximum absolute atomic E-state index is 13.2. The molecule has 0 saturated carbocycles. The fourth-order valence-corrected chi connectivity index (χ4v) is 4.27. The molecule has 0 N–H and O–H groups in total. The molecular formula is C25H27NO3S. The molecule has 0 radical (unpaired) electrons. The molecule has 1 amide bonds. The number of amides is 1. The molecule has 30 heavy (non-hydrogen) atoms. The summed E-state index contributed by atoms with van der Waals surface area (Å²) in [5.41, 5.74) is 2.71. The first kappa shape index (κ1) is 21.8. The van der Waals surface area contributed by atoms with Gasteiger partial charge in [0.15, 0.2) is 9.84 Å². The van der Waals surface area contributed by atoms with Crippen molar-refractivity contribution in [1.29, 1.82) is 0 Å². The third-order valence-corrected chi connectivity index (χ3v) is 7.24. The molecule has 156 valence electrons. The lowest BCUT2D eigenvalue weighted by atomic mass is 10.1. The van der Waals surface area contributed by atoms with Gasteiger partial charge in [-0.25, -0.2) is 8.42 Å². The van der Waals surface area contributed by atoms with Gasteiger partial charge in [0, 0.05) is 18.7 Å². The standard InChI is InChI=1S/C25H27NO3S/c1-20(2)30(28,29)24-15-13-23(14-16-24)25(27)26(19-22-11-7-4-8-12-22)18-17-21-9-5-3-6-10-21/h3-16,20H,17-19H2,1-2H3. The molecule has 0 aliphatic rings. The molecular weight excluding hydrogens is 394 g/mol. The van der Waals surface area contributed by atoms with Gasteiger partial charge in [0.25, 0.3) is 5.91 Å². The predicted molar refractivity (Wildman–Crippen MR) is 120 cm³/mol. The van der Waals surface area contributed by atoms with E-state index in [0.717, 1.165) is 12.0 Å². The Balaban J connectivity index is 1.81. The fraction of sp³-hybridized carbons (Fsp3) is 0.240. The van der Waals surface area contributed by atoms with Gasteiger partial charge in [0.2, 0.25) is 0 Å². The third-order valence-electron chi connectivity index (χ3n) is 5.07. The van der Waals surface area contributed by atoms with Crippen LogP contribution in [0.2, 0.25) is 0 Å². The number of carbonyl (C=O) groups is 1. The van der Waals surface area contributed by atoms with Gasteiger partial charge in [0.05, 0.1) is 10.1 Å². The maximum atomic E-state index is 13.2.